The van der Waals surface area contributed by atoms with Crippen LogP contribution in [0, 0.1) is 0 Å². The van der Waals surface area contributed by atoms with E-state index < -0.39 is 27.7 Å². The van der Waals surface area contributed by atoms with Crippen molar-refractivity contribution in [3.8, 4) is 11.1 Å². The highest BCUT2D eigenvalue weighted by molar-refractivity contribution is 7.90. The summed E-state index contributed by atoms with van der Waals surface area (Å²) >= 11 is 0. The van der Waals surface area contributed by atoms with Crippen molar-refractivity contribution in [1.29, 1.82) is 0 Å². The van der Waals surface area contributed by atoms with E-state index >= 15 is 0 Å². The summed E-state index contributed by atoms with van der Waals surface area (Å²) in [5, 5.41) is 9.90. The van der Waals surface area contributed by atoms with Gasteiger partial charge >= 0.3 is 6.18 Å². The van der Waals surface area contributed by atoms with Crippen LogP contribution in [-0.4, -0.2) is 44.0 Å². The Balaban J connectivity index is 2.10. The van der Waals surface area contributed by atoms with Gasteiger partial charge in [-0.15, -0.1) is 0 Å². The average molecular weight is 400 g/mol. The average Bonchev–Trinajstić information content (AvgIpc) is 2.60. The molecule has 1 N–H and O–H groups in total. The molecule has 2 aromatic rings. The lowest BCUT2D eigenvalue weighted by atomic mass is 10.0. The van der Waals surface area contributed by atoms with Gasteiger partial charge in [-0.3, -0.25) is 0 Å². The molecule has 1 aromatic carbocycles. The molecular formula is C18H19F3N2O3S. The third kappa shape index (κ3) is 4.41. The van der Waals surface area contributed by atoms with Gasteiger partial charge in [0.05, 0.1) is 16.6 Å². The molecule has 0 aliphatic carbocycles. The number of aliphatic hydroxyl groups excluding tert-OH is 1. The van der Waals surface area contributed by atoms with Crippen molar-refractivity contribution in [2.45, 2.75) is 30.0 Å². The summed E-state index contributed by atoms with van der Waals surface area (Å²) in [7, 11) is -3.41. The molecule has 9 heteroatoms. The summed E-state index contributed by atoms with van der Waals surface area (Å²) < 4.78 is 62.7. The number of pyridine rings is 1. The maximum atomic E-state index is 13.2. The van der Waals surface area contributed by atoms with Gasteiger partial charge in [0.2, 0.25) is 0 Å². The van der Waals surface area contributed by atoms with Crippen LogP contribution in [0.25, 0.3) is 11.1 Å². The van der Waals surface area contributed by atoms with Crippen molar-refractivity contribution in [3.05, 3.63) is 42.1 Å². The lowest BCUT2D eigenvalue weighted by molar-refractivity contribution is -0.137. The van der Waals surface area contributed by atoms with E-state index in [1.54, 1.807) is 4.90 Å². The van der Waals surface area contributed by atoms with Crippen molar-refractivity contribution >= 4 is 15.7 Å². The molecule has 1 aliphatic heterocycles. The minimum absolute atomic E-state index is 0.0844. The van der Waals surface area contributed by atoms with Gasteiger partial charge in [-0.05, 0) is 36.6 Å². The quantitative estimate of drug-likeness (QED) is 0.857. The Morgan fingerprint density at radius 3 is 2.44 bits per heavy atom. The highest BCUT2D eigenvalue weighted by Crippen LogP contribution is 2.37. The Kier molecular flexibility index (Phi) is 5.18. The van der Waals surface area contributed by atoms with Crippen molar-refractivity contribution < 1.29 is 26.7 Å². The van der Waals surface area contributed by atoms with Crippen LogP contribution in [0.5, 0.6) is 0 Å². The largest absolute Gasteiger partial charge is 0.417 e. The van der Waals surface area contributed by atoms with Crippen LogP contribution in [0.3, 0.4) is 0 Å². The summed E-state index contributed by atoms with van der Waals surface area (Å²) in [5.74, 6) is 0.342. The lowest BCUT2D eigenvalue weighted by Crippen LogP contribution is -2.39. The van der Waals surface area contributed by atoms with E-state index in [-0.39, 0.29) is 17.0 Å². The second-order valence-electron chi connectivity index (χ2n) is 6.63. The fraction of sp³-hybridized carbons (Fsp3) is 0.389. The second-order valence-corrected chi connectivity index (χ2v) is 8.65. The Morgan fingerprint density at radius 2 is 1.89 bits per heavy atom. The van der Waals surface area contributed by atoms with Crippen molar-refractivity contribution in [2.24, 2.45) is 0 Å². The van der Waals surface area contributed by atoms with Gasteiger partial charge in [0.1, 0.15) is 5.82 Å². The molecule has 1 aliphatic rings. The molecule has 146 valence electrons. The number of β-amino-alcohol motifs (C(OH)–C–C–N with tert-alkyl or cyclic N) is 1. The molecule has 1 aromatic heterocycles. The molecule has 1 fully saturated rings. The number of alkyl halides is 3. The summed E-state index contributed by atoms with van der Waals surface area (Å²) in [6, 6.07) is 6.67. The smallest absolute Gasteiger partial charge is 0.391 e. The Labute approximate surface area is 155 Å². The van der Waals surface area contributed by atoms with Crippen molar-refractivity contribution in [2.75, 3.05) is 24.2 Å². The predicted molar refractivity (Wildman–Crippen MR) is 95.2 cm³/mol. The third-order valence-electron chi connectivity index (χ3n) is 4.48. The van der Waals surface area contributed by atoms with Crippen LogP contribution in [0.4, 0.5) is 19.0 Å². The number of hydrogen-bond acceptors (Lipinski definition) is 5. The molecule has 2 heterocycles. The molecule has 3 rings (SSSR count). The van der Waals surface area contributed by atoms with Crippen molar-refractivity contribution in [3.63, 3.8) is 0 Å². The standard InChI is InChI=1S/C18H19F3N2O3S/c1-27(25,26)15-6-4-12(5-7-15)16-9-13(18(19,20)21)10-22-17(16)23-8-2-3-14(24)11-23/h4-7,9-10,14,24H,2-3,8,11H2,1H3. The third-order valence-corrected chi connectivity index (χ3v) is 5.61. The van der Waals surface area contributed by atoms with Gasteiger partial charge in [-0.1, -0.05) is 12.1 Å². The van der Waals surface area contributed by atoms with Crippen LogP contribution in [0.2, 0.25) is 0 Å². The van der Waals surface area contributed by atoms with E-state index in [1.165, 1.54) is 24.3 Å². The van der Waals surface area contributed by atoms with Crippen LogP contribution >= 0.6 is 0 Å². The normalized spacial score (nSPS) is 18.6. The first kappa shape index (κ1) is 19.6. The molecule has 1 saturated heterocycles. The summed E-state index contributed by atoms with van der Waals surface area (Å²) in [6.07, 6.45) is -1.93. The van der Waals surface area contributed by atoms with E-state index in [2.05, 4.69) is 4.98 Å². The van der Waals surface area contributed by atoms with Gasteiger partial charge in [0.15, 0.2) is 9.84 Å². The van der Waals surface area contributed by atoms with E-state index in [4.69, 9.17) is 0 Å². The Bertz CT molecular complexity index is 928. The first-order valence-electron chi connectivity index (χ1n) is 8.36. The molecule has 0 spiro atoms. The van der Waals surface area contributed by atoms with E-state index in [0.717, 1.165) is 18.5 Å². The number of hydrogen-bond donors (Lipinski definition) is 1. The number of aliphatic hydroxyl groups is 1. The van der Waals surface area contributed by atoms with Gasteiger partial charge in [-0.25, -0.2) is 13.4 Å². The zero-order valence-corrected chi connectivity index (χ0v) is 15.4. The van der Waals surface area contributed by atoms with Crippen LogP contribution in [0.15, 0.2) is 41.4 Å². The molecule has 0 saturated carbocycles. The molecule has 1 unspecified atom stereocenters. The summed E-state index contributed by atoms with van der Waals surface area (Å²) in [4.78, 5) is 5.87. The lowest BCUT2D eigenvalue weighted by Gasteiger charge is -2.32. The molecule has 1 atom stereocenters. The van der Waals surface area contributed by atoms with Gasteiger partial charge < -0.3 is 10.0 Å². The number of benzene rings is 1. The summed E-state index contributed by atoms with van der Waals surface area (Å²) in [6.45, 7) is 0.858. The number of aromatic nitrogens is 1. The molecule has 0 radical (unpaired) electrons. The minimum Gasteiger partial charge on any atom is -0.391 e. The van der Waals surface area contributed by atoms with Gasteiger partial charge in [0, 0.05) is 31.1 Å². The highest BCUT2D eigenvalue weighted by Gasteiger charge is 2.33. The highest BCUT2D eigenvalue weighted by atomic mass is 32.2. The molecule has 0 amide bonds. The molecule has 27 heavy (non-hydrogen) atoms. The van der Waals surface area contributed by atoms with Crippen molar-refractivity contribution in [1.82, 2.24) is 4.98 Å². The predicted octanol–water partition coefficient (Wildman–Crippen LogP) is 3.13. The fourth-order valence-electron chi connectivity index (χ4n) is 3.11. The monoisotopic (exact) mass is 400 g/mol. The first-order chi connectivity index (χ1) is 12.6. The topological polar surface area (TPSA) is 70.5 Å². The molecule has 5 nitrogen and oxygen atoms in total. The number of sulfone groups is 1. The number of anilines is 1. The zero-order valence-electron chi connectivity index (χ0n) is 14.6. The second kappa shape index (κ2) is 7.12. The Hall–Kier alpha value is -2.13. The van der Waals surface area contributed by atoms with Crippen LogP contribution in [-0.2, 0) is 16.0 Å². The summed E-state index contributed by atoms with van der Waals surface area (Å²) in [5.41, 5.74) is -0.207. The van der Waals surface area contributed by atoms with E-state index in [9.17, 15) is 26.7 Å². The number of nitrogens with zero attached hydrogens (tertiary/aromatic N) is 2. The van der Waals surface area contributed by atoms with Crippen LogP contribution < -0.4 is 4.90 Å². The molecule has 0 bridgehead atoms. The SMILES string of the molecule is CS(=O)(=O)c1ccc(-c2cc(C(F)(F)F)cnc2N2CCCC(O)C2)cc1. The van der Waals surface area contributed by atoms with Gasteiger partial charge in [0.25, 0.3) is 0 Å². The molecular weight excluding hydrogens is 381 g/mol. The maximum Gasteiger partial charge on any atom is 0.417 e. The number of rotatable bonds is 3. The zero-order chi connectivity index (χ0) is 19.8. The van der Waals surface area contributed by atoms with E-state index in [0.29, 0.717) is 30.8 Å². The van der Waals surface area contributed by atoms with Crippen LogP contribution in [0.1, 0.15) is 18.4 Å². The van der Waals surface area contributed by atoms with Gasteiger partial charge in [-0.2, -0.15) is 13.2 Å². The fourth-order valence-corrected chi connectivity index (χ4v) is 3.74. The number of piperidine rings is 1. The Morgan fingerprint density at radius 1 is 1.22 bits per heavy atom. The minimum atomic E-state index is -4.55. The first-order valence-corrected chi connectivity index (χ1v) is 10.3. The maximum absolute atomic E-state index is 13.2. The number of halogens is 3. The van der Waals surface area contributed by atoms with E-state index in [1.807, 2.05) is 0 Å².